The van der Waals surface area contributed by atoms with E-state index in [9.17, 15) is 9.18 Å². The van der Waals surface area contributed by atoms with Gasteiger partial charge in [0.25, 0.3) is 0 Å². The van der Waals surface area contributed by atoms with Crippen LogP contribution in [0.1, 0.15) is 17.0 Å². The zero-order chi connectivity index (χ0) is 20.7. The Kier molecular flexibility index (Phi) is 4.24. The monoisotopic (exact) mass is 401 g/mol. The highest BCUT2D eigenvalue weighted by atomic mass is 19.1. The molecule has 2 aromatic carbocycles. The fourth-order valence-corrected chi connectivity index (χ4v) is 3.77. The average Bonchev–Trinajstić information content (AvgIpc) is 3.17. The molecule has 0 aliphatic carbocycles. The van der Waals surface area contributed by atoms with Crippen molar-refractivity contribution in [2.24, 2.45) is 0 Å². The zero-order valence-electron chi connectivity index (χ0n) is 15.7. The molecule has 5 rings (SSSR count). The standard InChI is InChI=1S/C22H16FN5O2/c23-16-7-3-1-6-14(16)19-15(10-29)13-5-2-4-8-17(13)30-18(19)9-28-12-27-20-21(24)25-11-26-22(20)28/h1-8,10-12,15H,9H2,(H2,24,25,26). The van der Waals surface area contributed by atoms with Gasteiger partial charge in [-0.2, -0.15) is 0 Å². The van der Waals surface area contributed by atoms with E-state index in [4.69, 9.17) is 10.5 Å². The van der Waals surface area contributed by atoms with Crippen molar-refractivity contribution < 1.29 is 13.9 Å². The molecule has 0 saturated heterocycles. The van der Waals surface area contributed by atoms with Crippen molar-refractivity contribution in [2.75, 3.05) is 5.73 Å². The number of carbonyl (C=O) groups is 1. The van der Waals surface area contributed by atoms with E-state index in [1.807, 2.05) is 18.2 Å². The molecule has 148 valence electrons. The van der Waals surface area contributed by atoms with Crippen LogP contribution in [-0.2, 0) is 11.3 Å². The van der Waals surface area contributed by atoms with E-state index in [0.717, 1.165) is 6.29 Å². The van der Waals surface area contributed by atoms with Gasteiger partial charge in [0, 0.05) is 16.7 Å². The first-order chi connectivity index (χ1) is 14.7. The second kappa shape index (κ2) is 7.07. The van der Waals surface area contributed by atoms with Crippen LogP contribution >= 0.6 is 0 Å². The van der Waals surface area contributed by atoms with Crippen LogP contribution in [0.4, 0.5) is 10.2 Å². The molecule has 30 heavy (non-hydrogen) atoms. The molecular weight excluding hydrogens is 385 g/mol. The smallest absolute Gasteiger partial charge is 0.165 e. The predicted octanol–water partition coefficient (Wildman–Crippen LogP) is 3.33. The summed E-state index contributed by atoms with van der Waals surface area (Å²) < 4.78 is 22.7. The molecule has 8 heteroatoms. The number of anilines is 1. The second-order valence-electron chi connectivity index (χ2n) is 6.87. The molecular formula is C22H16FN5O2. The number of nitrogen functional groups attached to an aromatic ring is 1. The maximum atomic E-state index is 14.8. The van der Waals surface area contributed by atoms with Gasteiger partial charge < -0.3 is 19.8 Å². The Morgan fingerprint density at radius 2 is 1.90 bits per heavy atom. The third-order valence-electron chi connectivity index (χ3n) is 5.14. The van der Waals surface area contributed by atoms with Crippen LogP contribution in [0.25, 0.3) is 16.7 Å². The van der Waals surface area contributed by atoms with Gasteiger partial charge in [-0.3, -0.25) is 0 Å². The lowest BCUT2D eigenvalue weighted by Gasteiger charge is -2.28. The highest BCUT2D eigenvalue weighted by Gasteiger charge is 2.32. The van der Waals surface area contributed by atoms with Gasteiger partial charge in [-0.1, -0.05) is 36.4 Å². The van der Waals surface area contributed by atoms with Crippen molar-refractivity contribution >= 4 is 28.8 Å². The number of ether oxygens (including phenoxy) is 1. The maximum absolute atomic E-state index is 14.8. The van der Waals surface area contributed by atoms with Gasteiger partial charge in [0.1, 0.15) is 35.5 Å². The highest BCUT2D eigenvalue weighted by Crippen LogP contribution is 2.43. The summed E-state index contributed by atoms with van der Waals surface area (Å²) in [7, 11) is 0. The molecule has 1 unspecified atom stereocenters. The van der Waals surface area contributed by atoms with Crippen LogP contribution < -0.4 is 10.5 Å². The van der Waals surface area contributed by atoms with Gasteiger partial charge in [-0.25, -0.2) is 19.3 Å². The maximum Gasteiger partial charge on any atom is 0.165 e. The summed E-state index contributed by atoms with van der Waals surface area (Å²) in [4.78, 5) is 24.6. The van der Waals surface area contributed by atoms with Crippen LogP contribution in [-0.4, -0.2) is 25.8 Å². The lowest BCUT2D eigenvalue weighted by molar-refractivity contribution is -0.108. The van der Waals surface area contributed by atoms with E-state index >= 15 is 0 Å². The minimum Gasteiger partial charge on any atom is -0.459 e. The van der Waals surface area contributed by atoms with Crippen LogP contribution in [0, 0.1) is 5.82 Å². The number of hydrogen-bond donors (Lipinski definition) is 1. The van der Waals surface area contributed by atoms with Gasteiger partial charge in [-0.15, -0.1) is 0 Å². The molecule has 2 N–H and O–H groups in total. The number of nitrogens with two attached hydrogens (primary N) is 1. The number of hydrogen-bond acceptors (Lipinski definition) is 6. The minimum absolute atomic E-state index is 0.190. The Hall–Kier alpha value is -4.07. The van der Waals surface area contributed by atoms with E-state index < -0.39 is 11.7 Å². The van der Waals surface area contributed by atoms with Crippen LogP contribution in [0.15, 0.2) is 66.9 Å². The molecule has 0 spiro atoms. The first-order valence-corrected chi connectivity index (χ1v) is 9.28. The second-order valence-corrected chi connectivity index (χ2v) is 6.87. The SMILES string of the molecule is Nc1ncnc2c1ncn2CC1=C(c2ccccc2F)C(C=O)c2ccccc2O1. The Bertz CT molecular complexity index is 1310. The van der Waals surface area contributed by atoms with Gasteiger partial charge in [0.15, 0.2) is 11.5 Å². The summed E-state index contributed by atoms with van der Waals surface area (Å²) in [6.07, 6.45) is 3.74. The van der Waals surface area contributed by atoms with E-state index in [2.05, 4.69) is 15.0 Å². The summed E-state index contributed by atoms with van der Waals surface area (Å²) in [5, 5.41) is 0. The van der Waals surface area contributed by atoms with Crippen LogP contribution in [0.5, 0.6) is 5.75 Å². The Morgan fingerprint density at radius 1 is 1.10 bits per heavy atom. The fourth-order valence-electron chi connectivity index (χ4n) is 3.77. The molecule has 1 atom stereocenters. The third kappa shape index (κ3) is 2.81. The predicted molar refractivity (Wildman–Crippen MR) is 109 cm³/mol. The fraction of sp³-hybridized carbons (Fsp3) is 0.0909. The molecule has 3 heterocycles. The van der Waals surface area contributed by atoms with E-state index in [1.165, 1.54) is 12.4 Å². The Balaban J connectivity index is 1.71. The Labute approximate surface area is 170 Å². The zero-order valence-corrected chi connectivity index (χ0v) is 15.7. The number of carbonyl (C=O) groups excluding carboxylic acids is 1. The van der Waals surface area contributed by atoms with Crippen molar-refractivity contribution in [1.82, 2.24) is 19.5 Å². The number of aldehydes is 1. The number of benzene rings is 2. The van der Waals surface area contributed by atoms with Gasteiger partial charge in [0.05, 0.1) is 18.8 Å². The molecule has 0 fully saturated rings. The molecule has 0 saturated carbocycles. The molecule has 2 aromatic heterocycles. The summed E-state index contributed by atoms with van der Waals surface area (Å²) in [5.74, 6) is 0.164. The number of aromatic nitrogens is 4. The number of rotatable bonds is 4. The molecule has 0 amide bonds. The first-order valence-electron chi connectivity index (χ1n) is 9.28. The molecule has 0 bridgehead atoms. The van der Waals surface area contributed by atoms with E-state index in [1.54, 1.807) is 35.2 Å². The number of imidazole rings is 1. The number of halogens is 1. The summed E-state index contributed by atoms with van der Waals surface area (Å²) in [5.41, 5.74) is 8.36. The number of nitrogens with zero attached hydrogens (tertiary/aromatic N) is 4. The normalized spacial score (nSPS) is 15.7. The van der Waals surface area contributed by atoms with Crippen molar-refractivity contribution in [3.8, 4) is 5.75 Å². The van der Waals surface area contributed by atoms with Crippen molar-refractivity contribution in [2.45, 2.75) is 12.5 Å². The summed E-state index contributed by atoms with van der Waals surface area (Å²) in [6.45, 7) is 0.190. The minimum atomic E-state index is -0.670. The Morgan fingerprint density at radius 3 is 2.73 bits per heavy atom. The van der Waals surface area contributed by atoms with E-state index in [0.29, 0.717) is 39.4 Å². The number of para-hydroxylation sites is 1. The summed E-state index contributed by atoms with van der Waals surface area (Å²) >= 11 is 0. The topological polar surface area (TPSA) is 95.9 Å². The van der Waals surface area contributed by atoms with Crippen LogP contribution in [0.2, 0.25) is 0 Å². The summed E-state index contributed by atoms with van der Waals surface area (Å²) in [6, 6.07) is 13.6. The van der Waals surface area contributed by atoms with Crippen LogP contribution in [0.3, 0.4) is 0 Å². The van der Waals surface area contributed by atoms with Crippen molar-refractivity contribution in [1.29, 1.82) is 0 Å². The number of allylic oxidation sites excluding steroid dienone is 2. The molecule has 0 radical (unpaired) electrons. The highest BCUT2D eigenvalue weighted by molar-refractivity contribution is 5.90. The lowest BCUT2D eigenvalue weighted by Crippen LogP contribution is -2.20. The van der Waals surface area contributed by atoms with Gasteiger partial charge in [-0.05, 0) is 12.1 Å². The average molecular weight is 401 g/mol. The molecule has 1 aliphatic rings. The third-order valence-corrected chi connectivity index (χ3v) is 5.14. The van der Waals surface area contributed by atoms with Gasteiger partial charge >= 0.3 is 0 Å². The van der Waals surface area contributed by atoms with Gasteiger partial charge in [0.2, 0.25) is 0 Å². The molecule has 4 aromatic rings. The van der Waals surface area contributed by atoms with Crippen molar-refractivity contribution in [3.63, 3.8) is 0 Å². The largest absolute Gasteiger partial charge is 0.459 e. The lowest BCUT2D eigenvalue weighted by atomic mass is 9.84. The first kappa shape index (κ1) is 18.0. The molecule has 7 nitrogen and oxygen atoms in total. The molecule has 1 aliphatic heterocycles. The van der Waals surface area contributed by atoms with Crippen molar-refractivity contribution in [3.05, 3.63) is 83.9 Å². The van der Waals surface area contributed by atoms with E-state index in [-0.39, 0.29) is 12.4 Å². The quantitative estimate of drug-likeness (QED) is 0.527. The number of fused-ring (bicyclic) bond motifs is 2.